The highest BCUT2D eigenvalue weighted by atomic mass is 16.2. The third-order valence-electron chi connectivity index (χ3n) is 4.79. The minimum absolute atomic E-state index is 0.0956. The molecule has 0 spiro atoms. The molecule has 26 heavy (non-hydrogen) atoms. The molecule has 0 N–H and O–H groups in total. The number of piperazine rings is 1. The maximum absolute atomic E-state index is 12.6. The zero-order valence-electron chi connectivity index (χ0n) is 15.6. The Kier molecular flexibility index (Phi) is 5.37. The number of anilines is 1. The normalized spacial score (nSPS) is 15.1. The van der Waals surface area contributed by atoms with E-state index >= 15 is 0 Å². The van der Waals surface area contributed by atoms with Crippen LogP contribution in [0.1, 0.15) is 18.1 Å². The molecule has 0 unspecified atom stereocenters. The van der Waals surface area contributed by atoms with Gasteiger partial charge in [0.2, 0.25) is 5.91 Å². The smallest absolute Gasteiger partial charge is 0.320 e. The zero-order valence-corrected chi connectivity index (χ0v) is 15.6. The van der Waals surface area contributed by atoms with Crippen molar-refractivity contribution in [2.24, 2.45) is 0 Å². The van der Waals surface area contributed by atoms with Gasteiger partial charge in [0.05, 0.1) is 18.1 Å². The predicted octanol–water partition coefficient (Wildman–Crippen LogP) is 1.96. The summed E-state index contributed by atoms with van der Waals surface area (Å²) in [7, 11) is 1.66. The first-order valence-electron chi connectivity index (χ1n) is 8.80. The molecule has 1 aromatic carbocycles. The molecule has 3 rings (SSSR count). The SMILES string of the molecule is CC(=O)N(C)c1cnn(C(=O)N2CCN(Cc3ccc(C)cc3)CC2)c1. The van der Waals surface area contributed by atoms with Gasteiger partial charge in [-0.1, -0.05) is 29.8 Å². The van der Waals surface area contributed by atoms with E-state index in [1.54, 1.807) is 18.1 Å². The van der Waals surface area contributed by atoms with Crippen molar-refractivity contribution in [1.29, 1.82) is 0 Å². The summed E-state index contributed by atoms with van der Waals surface area (Å²) >= 11 is 0. The molecule has 0 aliphatic carbocycles. The van der Waals surface area contributed by atoms with Crippen molar-refractivity contribution in [2.45, 2.75) is 20.4 Å². The Hall–Kier alpha value is -2.67. The Labute approximate surface area is 153 Å². The van der Waals surface area contributed by atoms with Crippen LogP contribution in [0.15, 0.2) is 36.7 Å². The lowest BCUT2D eigenvalue weighted by Gasteiger charge is -2.34. The van der Waals surface area contributed by atoms with E-state index in [4.69, 9.17) is 0 Å². The fourth-order valence-corrected chi connectivity index (χ4v) is 2.97. The summed E-state index contributed by atoms with van der Waals surface area (Å²) in [6, 6.07) is 8.42. The second-order valence-electron chi connectivity index (χ2n) is 6.75. The minimum Gasteiger partial charge on any atom is -0.320 e. The van der Waals surface area contributed by atoms with Crippen molar-refractivity contribution in [2.75, 3.05) is 38.1 Å². The fourth-order valence-electron chi connectivity index (χ4n) is 2.97. The number of aromatic nitrogens is 2. The Balaban J connectivity index is 1.55. The molecule has 2 heterocycles. The number of nitrogens with zero attached hydrogens (tertiary/aromatic N) is 5. The third kappa shape index (κ3) is 4.11. The lowest BCUT2D eigenvalue weighted by Crippen LogP contribution is -2.49. The second kappa shape index (κ2) is 7.70. The molecule has 2 aromatic rings. The van der Waals surface area contributed by atoms with E-state index in [1.165, 1.54) is 33.8 Å². The summed E-state index contributed by atoms with van der Waals surface area (Å²) in [6.07, 6.45) is 3.13. The highest BCUT2D eigenvalue weighted by Gasteiger charge is 2.23. The van der Waals surface area contributed by atoms with Gasteiger partial charge < -0.3 is 9.80 Å². The quantitative estimate of drug-likeness (QED) is 0.844. The Bertz CT molecular complexity index is 775. The first-order valence-corrected chi connectivity index (χ1v) is 8.80. The van der Waals surface area contributed by atoms with E-state index in [0.29, 0.717) is 18.8 Å². The lowest BCUT2D eigenvalue weighted by atomic mass is 10.1. The predicted molar refractivity (Wildman–Crippen MR) is 100 cm³/mol. The maximum atomic E-state index is 12.6. The zero-order chi connectivity index (χ0) is 18.7. The average molecular weight is 355 g/mol. The largest absolute Gasteiger partial charge is 0.344 e. The van der Waals surface area contributed by atoms with Gasteiger partial charge in [-0.05, 0) is 12.5 Å². The van der Waals surface area contributed by atoms with Gasteiger partial charge in [-0.15, -0.1) is 0 Å². The molecule has 1 aliphatic heterocycles. The number of hydrogen-bond donors (Lipinski definition) is 0. The standard InChI is InChI=1S/C19H25N5O2/c1-15-4-6-17(7-5-15)13-22-8-10-23(11-9-22)19(26)24-14-18(12-20-24)21(3)16(2)25/h4-7,12,14H,8-11,13H2,1-3H3. The van der Waals surface area contributed by atoms with E-state index in [9.17, 15) is 9.59 Å². The maximum Gasteiger partial charge on any atom is 0.344 e. The van der Waals surface area contributed by atoms with E-state index < -0.39 is 0 Å². The van der Waals surface area contributed by atoms with Crippen molar-refractivity contribution >= 4 is 17.6 Å². The van der Waals surface area contributed by atoms with Crippen molar-refractivity contribution in [3.05, 3.63) is 47.8 Å². The van der Waals surface area contributed by atoms with Crippen LogP contribution in [0.2, 0.25) is 0 Å². The van der Waals surface area contributed by atoms with Crippen LogP contribution in [-0.2, 0) is 11.3 Å². The molecule has 1 aliphatic rings. The Morgan fingerprint density at radius 2 is 1.77 bits per heavy atom. The van der Waals surface area contributed by atoms with Crippen molar-refractivity contribution in [3.8, 4) is 0 Å². The van der Waals surface area contributed by atoms with Gasteiger partial charge >= 0.3 is 6.03 Å². The summed E-state index contributed by atoms with van der Waals surface area (Å²) in [6.45, 7) is 7.47. The monoisotopic (exact) mass is 355 g/mol. The van der Waals surface area contributed by atoms with Crippen LogP contribution in [-0.4, -0.2) is 64.7 Å². The van der Waals surface area contributed by atoms with E-state index in [0.717, 1.165) is 19.6 Å². The molecule has 138 valence electrons. The van der Waals surface area contributed by atoms with Crippen LogP contribution in [0, 0.1) is 6.92 Å². The molecule has 0 saturated carbocycles. The molecule has 1 aromatic heterocycles. The number of aryl methyl sites for hydroxylation is 1. The molecule has 1 saturated heterocycles. The summed E-state index contributed by atoms with van der Waals surface area (Å²) in [5, 5.41) is 4.11. The molecule has 7 heteroatoms. The number of carbonyl (C=O) groups excluding carboxylic acids is 2. The van der Waals surface area contributed by atoms with Crippen LogP contribution < -0.4 is 4.90 Å². The molecule has 0 radical (unpaired) electrons. The van der Waals surface area contributed by atoms with Crippen molar-refractivity contribution < 1.29 is 9.59 Å². The van der Waals surface area contributed by atoms with Crippen molar-refractivity contribution in [3.63, 3.8) is 0 Å². The number of benzene rings is 1. The highest BCUT2D eigenvalue weighted by molar-refractivity contribution is 5.91. The molecule has 0 atom stereocenters. The average Bonchev–Trinajstić information content (AvgIpc) is 3.13. The molecule has 1 fully saturated rings. The Morgan fingerprint density at radius 3 is 2.38 bits per heavy atom. The van der Waals surface area contributed by atoms with Crippen LogP contribution >= 0.6 is 0 Å². The first kappa shape index (κ1) is 18.1. The lowest BCUT2D eigenvalue weighted by molar-refractivity contribution is -0.116. The number of carbonyl (C=O) groups is 2. The van der Waals surface area contributed by atoms with Gasteiger partial charge in [0.25, 0.3) is 0 Å². The highest BCUT2D eigenvalue weighted by Crippen LogP contribution is 2.14. The fraction of sp³-hybridized carbons (Fsp3) is 0.421. The van der Waals surface area contributed by atoms with Gasteiger partial charge in [-0.3, -0.25) is 9.69 Å². The van der Waals surface area contributed by atoms with E-state index in [-0.39, 0.29) is 11.9 Å². The molecule has 7 nitrogen and oxygen atoms in total. The molecular formula is C19H25N5O2. The summed E-state index contributed by atoms with van der Waals surface area (Å²) in [4.78, 5) is 29.7. The van der Waals surface area contributed by atoms with Crippen molar-refractivity contribution in [1.82, 2.24) is 19.6 Å². The topological polar surface area (TPSA) is 61.7 Å². The Morgan fingerprint density at radius 1 is 1.12 bits per heavy atom. The van der Waals surface area contributed by atoms with Gasteiger partial charge in [0, 0.05) is 46.7 Å². The van der Waals surface area contributed by atoms with Gasteiger partial charge in [0.1, 0.15) is 0 Å². The first-order chi connectivity index (χ1) is 12.4. The van der Waals surface area contributed by atoms with Crippen LogP contribution in [0.4, 0.5) is 10.5 Å². The van der Waals surface area contributed by atoms with Gasteiger partial charge in [-0.25, -0.2) is 4.79 Å². The number of amides is 2. The minimum atomic E-state index is -0.150. The molecule has 2 amide bonds. The number of hydrogen-bond acceptors (Lipinski definition) is 4. The second-order valence-corrected chi connectivity index (χ2v) is 6.75. The molecule has 0 bridgehead atoms. The number of rotatable bonds is 3. The summed E-state index contributed by atoms with van der Waals surface area (Å²) < 4.78 is 1.31. The van der Waals surface area contributed by atoms with Gasteiger partial charge in [0.15, 0.2) is 0 Å². The van der Waals surface area contributed by atoms with Crippen LogP contribution in [0.3, 0.4) is 0 Å². The van der Waals surface area contributed by atoms with Crippen LogP contribution in [0.25, 0.3) is 0 Å². The summed E-state index contributed by atoms with van der Waals surface area (Å²) in [5.41, 5.74) is 3.17. The van der Waals surface area contributed by atoms with E-state index in [1.807, 2.05) is 0 Å². The molecular weight excluding hydrogens is 330 g/mol. The van der Waals surface area contributed by atoms with Crippen LogP contribution in [0.5, 0.6) is 0 Å². The third-order valence-corrected chi connectivity index (χ3v) is 4.79. The van der Waals surface area contributed by atoms with E-state index in [2.05, 4.69) is 41.2 Å². The van der Waals surface area contributed by atoms with Gasteiger partial charge in [-0.2, -0.15) is 9.78 Å². The summed E-state index contributed by atoms with van der Waals surface area (Å²) in [5.74, 6) is -0.0956.